The number of amides is 1. The Kier molecular flexibility index (Phi) is 3.83. The minimum absolute atomic E-state index is 0.269. The van der Waals surface area contributed by atoms with Crippen molar-refractivity contribution in [1.82, 2.24) is 5.32 Å². The third-order valence-electron chi connectivity index (χ3n) is 2.47. The number of rotatable bonds is 2. The van der Waals surface area contributed by atoms with Crippen LogP contribution in [0, 0.1) is 17.5 Å². The highest BCUT2D eigenvalue weighted by Crippen LogP contribution is 2.19. The molecular formula is C11H11F3N2O2. The number of benzene rings is 1. The van der Waals surface area contributed by atoms with Gasteiger partial charge in [0.05, 0.1) is 12.3 Å². The van der Waals surface area contributed by atoms with E-state index in [0.29, 0.717) is 25.3 Å². The van der Waals surface area contributed by atoms with Crippen LogP contribution in [0.2, 0.25) is 0 Å². The third kappa shape index (κ3) is 2.80. The second kappa shape index (κ2) is 5.36. The molecule has 1 atom stereocenters. The highest BCUT2D eigenvalue weighted by molar-refractivity contribution is 5.94. The Labute approximate surface area is 101 Å². The van der Waals surface area contributed by atoms with E-state index in [-0.39, 0.29) is 6.54 Å². The van der Waals surface area contributed by atoms with E-state index in [4.69, 9.17) is 4.74 Å². The summed E-state index contributed by atoms with van der Waals surface area (Å²) in [5.74, 6) is -4.26. The van der Waals surface area contributed by atoms with Gasteiger partial charge in [0.15, 0.2) is 11.6 Å². The molecule has 0 aromatic heterocycles. The molecule has 1 heterocycles. The number of morpholine rings is 1. The molecule has 18 heavy (non-hydrogen) atoms. The molecule has 0 aliphatic carbocycles. The number of hydrogen-bond donors (Lipinski definition) is 2. The van der Waals surface area contributed by atoms with E-state index in [9.17, 15) is 18.0 Å². The van der Waals surface area contributed by atoms with Crippen molar-refractivity contribution in [2.75, 3.05) is 25.0 Å². The molecule has 0 saturated carbocycles. The number of halogens is 3. The second-order valence-electron chi connectivity index (χ2n) is 3.80. The summed E-state index contributed by atoms with van der Waals surface area (Å²) in [5, 5.41) is 5.01. The van der Waals surface area contributed by atoms with E-state index in [1.807, 2.05) is 0 Å². The van der Waals surface area contributed by atoms with Crippen LogP contribution in [-0.4, -0.2) is 31.7 Å². The fraction of sp³-hybridized carbons (Fsp3) is 0.364. The molecule has 1 aliphatic rings. The largest absolute Gasteiger partial charge is 0.366 e. The minimum atomic E-state index is -1.35. The van der Waals surface area contributed by atoms with Gasteiger partial charge in [0, 0.05) is 25.2 Å². The number of carbonyl (C=O) groups excluding carboxylic acids is 1. The average molecular weight is 260 g/mol. The first-order chi connectivity index (χ1) is 8.58. The maximum absolute atomic E-state index is 13.3. The van der Waals surface area contributed by atoms with Crippen molar-refractivity contribution >= 4 is 11.6 Å². The topological polar surface area (TPSA) is 50.4 Å². The molecule has 0 bridgehead atoms. The predicted octanol–water partition coefficient (Wildman–Crippen LogP) is 1.03. The van der Waals surface area contributed by atoms with E-state index >= 15 is 0 Å². The smallest absolute Gasteiger partial charge is 0.254 e. The molecular weight excluding hydrogens is 249 g/mol. The third-order valence-corrected chi connectivity index (χ3v) is 2.47. The molecule has 7 heteroatoms. The fourth-order valence-corrected chi connectivity index (χ4v) is 1.59. The van der Waals surface area contributed by atoms with Crippen molar-refractivity contribution in [2.24, 2.45) is 0 Å². The molecule has 1 aliphatic heterocycles. The van der Waals surface area contributed by atoms with Gasteiger partial charge in [-0.25, -0.2) is 13.2 Å². The van der Waals surface area contributed by atoms with Crippen molar-refractivity contribution in [1.29, 1.82) is 0 Å². The molecule has 1 aromatic rings. The number of nitrogens with one attached hydrogen (secondary N) is 2. The molecule has 1 amide bonds. The van der Waals surface area contributed by atoms with Crippen LogP contribution in [0.15, 0.2) is 12.1 Å². The first kappa shape index (κ1) is 12.8. The number of hydrogen-bond acceptors (Lipinski definition) is 3. The van der Waals surface area contributed by atoms with E-state index in [0.717, 1.165) is 0 Å². The summed E-state index contributed by atoms with van der Waals surface area (Å²) in [7, 11) is 0. The zero-order valence-electron chi connectivity index (χ0n) is 9.30. The van der Waals surface area contributed by atoms with Crippen LogP contribution in [0.1, 0.15) is 0 Å². The number of ether oxygens (including phenoxy) is 1. The van der Waals surface area contributed by atoms with Crippen LogP contribution < -0.4 is 10.6 Å². The lowest BCUT2D eigenvalue weighted by atomic mass is 10.2. The molecule has 1 aromatic carbocycles. The summed E-state index contributed by atoms with van der Waals surface area (Å²) in [5.41, 5.74) is -0.535. The van der Waals surface area contributed by atoms with Gasteiger partial charge in [-0.05, 0) is 0 Å². The van der Waals surface area contributed by atoms with Gasteiger partial charge in [-0.3, -0.25) is 4.79 Å². The van der Waals surface area contributed by atoms with Gasteiger partial charge in [0.1, 0.15) is 11.9 Å². The van der Waals surface area contributed by atoms with Crippen LogP contribution in [0.5, 0.6) is 0 Å². The predicted molar refractivity (Wildman–Crippen MR) is 57.6 cm³/mol. The summed E-state index contributed by atoms with van der Waals surface area (Å²) >= 11 is 0. The van der Waals surface area contributed by atoms with Crippen molar-refractivity contribution in [3.63, 3.8) is 0 Å². The van der Waals surface area contributed by atoms with Crippen LogP contribution in [0.4, 0.5) is 18.9 Å². The summed E-state index contributed by atoms with van der Waals surface area (Å²) < 4.78 is 44.2. The van der Waals surface area contributed by atoms with Crippen LogP contribution in [-0.2, 0) is 9.53 Å². The molecule has 0 spiro atoms. The molecule has 4 nitrogen and oxygen atoms in total. The lowest BCUT2D eigenvalue weighted by Gasteiger charge is -2.22. The highest BCUT2D eigenvalue weighted by atomic mass is 19.2. The van der Waals surface area contributed by atoms with Gasteiger partial charge in [0.25, 0.3) is 5.91 Å². The lowest BCUT2D eigenvalue weighted by molar-refractivity contribution is -0.128. The van der Waals surface area contributed by atoms with Crippen LogP contribution in [0.3, 0.4) is 0 Å². The number of carbonyl (C=O) groups is 1. The Morgan fingerprint density at radius 2 is 2.17 bits per heavy atom. The first-order valence-corrected chi connectivity index (χ1v) is 5.35. The van der Waals surface area contributed by atoms with Gasteiger partial charge >= 0.3 is 0 Å². The molecule has 1 fully saturated rings. The SMILES string of the molecule is O=C(Nc1cc(F)cc(F)c1F)C1CNCCO1. The van der Waals surface area contributed by atoms with Crippen molar-refractivity contribution in [3.8, 4) is 0 Å². The lowest BCUT2D eigenvalue weighted by Crippen LogP contribution is -2.45. The maximum atomic E-state index is 13.3. The highest BCUT2D eigenvalue weighted by Gasteiger charge is 2.23. The van der Waals surface area contributed by atoms with E-state index in [1.54, 1.807) is 0 Å². The van der Waals surface area contributed by atoms with Gasteiger partial charge in [-0.2, -0.15) is 0 Å². The molecule has 2 N–H and O–H groups in total. The van der Waals surface area contributed by atoms with Crippen molar-refractivity contribution in [3.05, 3.63) is 29.6 Å². The van der Waals surface area contributed by atoms with E-state index < -0.39 is 35.2 Å². The molecule has 2 rings (SSSR count). The fourth-order valence-electron chi connectivity index (χ4n) is 1.59. The number of anilines is 1. The Morgan fingerprint density at radius 3 is 2.83 bits per heavy atom. The Morgan fingerprint density at radius 1 is 1.39 bits per heavy atom. The zero-order chi connectivity index (χ0) is 13.1. The molecule has 0 radical (unpaired) electrons. The summed E-state index contributed by atoms with van der Waals surface area (Å²) in [6.45, 7) is 1.23. The summed E-state index contributed by atoms with van der Waals surface area (Å²) in [6, 6.07) is 1.12. The Balaban J connectivity index is 2.11. The van der Waals surface area contributed by atoms with Gasteiger partial charge in [0.2, 0.25) is 0 Å². The normalized spacial score (nSPS) is 19.6. The van der Waals surface area contributed by atoms with Crippen LogP contribution >= 0.6 is 0 Å². The maximum Gasteiger partial charge on any atom is 0.254 e. The zero-order valence-corrected chi connectivity index (χ0v) is 9.30. The van der Waals surface area contributed by atoms with E-state index in [1.165, 1.54) is 0 Å². The van der Waals surface area contributed by atoms with Crippen LogP contribution in [0.25, 0.3) is 0 Å². The standard InChI is InChI=1S/C11H11F3N2O2/c12-6-3-7(13)10(14)8(4-6)16-11(17)9-5-15-1-2-18-9/h3-4,9,15H,1-2,5H2,(H,16,17). The average Bonchev–Trinajstić information content (AvgIpc) is 2.36. The van der Waals surface area contributed by atoms with E-state index in [2.05, 4.69) is 10.6 Å². The Bertz CT molecular complexity index is 462. The Hall–Kier alpha value is -1.60. The summed E-state index contributed by atoms with van der Waals surface area (Å²) in [4.78, 5) is 11.7. The second-order valence-corrected chi connectivity index (χ2v) is 3.80. The minimum Gasteiger partial charge on any atom is -0.366 e. The summed E-state index contributed by atoms with van der Waals surface area (Å²) in [6.07, 6.45) is -0.801. The molecule has 1 saturated heterocycles. The van der Waals surface area contributed by atoms with Gasteiger partial charge in [-0.1, -0.05) is 0 Å². The van der Waals surface area contributed by atoms with Gasteiger partial charge < -0.3 is 15.4 Å². The first-order valence-electron chi connectivity index (χ1n) is 5.35. The molecule has 98 valence electrons. The van der Waals surface area contributed by atoms with Gasteiger partial charge in [-0.15, -0.1) is 0 Å². The quantitative estimate of drug-likeness (QED) is 0.781. The molecule has 1 unspecified atom stereocenters. The van der Waals surface area contributed by atoms with Crippen molar-refractivity contribution in [2.45, 2.75) is 6.10 Å². The monoisotopic (exact) mass is 260 g/mol. The van der Waals surface area contributed by atoms with Crippen molar-refractivity contribution < 1.29 is 22.7 Å².